The molecule has 1 aliphatic heterocycles. The largest absolute Gasteiger partial charge is 0.465 e. The van der Waals surface area contributed by atoms with E-state index in [1.807, 2.05) is 0 Å². The molecule has 7 unspecified atom stereocenters. The topological polar surface area (TPSA) is 122 Å². The van der Waals surface area contributed by atoms with Gasteiger partial charge in [0.25, 0.3) is 0 Å². The summed E-state index contributed by atoms with van der Waals surface area (Å²) >= 11 is 0. The minimum atomic E-state index is -3.44. The van der Waals surface area contributed by atoms with Crippen molar-refractivity contribution in [1.29, 1.82) is 0 Å². The summed E-state index contributed by atoms with van der Waals surface area (Å²) in [5.74, 6) is 0.633. The Bertz CT molecular complexity index is 1070. The van der Waals surface area contributed by atoms with Crippen molar-refractivity contribution < 1.29 is 27.4 Å². The number of aromatic nitrogens is 2. The van der Waals surface area contributed by atoms with E-state index in [0.29, 0.717) is 24.6 Å². The monoisotopic (exact) mass is 494 g/mol. The van der Waals surface area contributed by atoms with E-state index < -0.39 is 34.0 Å². The van der Waals surface area contributed by atoms with Gasteiger partial charge in [-0.15, -0.1) is 0 Å². The molecule has 4 aliphatic carbocycles. The van der Waals surface area contributed by atoms with Gasteiger partial charge in [-0.05, 0) is 63.2 Å². The molecule has 186 valence electrons. The fourth-order valence-corrected chi connectivity index (χ4v) is 8.59. The average molecular weight is 495 g/mol. The standard InChI is InChI=1S/C23H31FN4O5S/c24-14-10-25-21(26-11-14)23-7-6-15(8-13(23)9-23)33-12-19-20(27-34(31,32)16-4-5-16)17-2-1-3-18(17)28(19)22(29)30/h10-11,13,15-20,27H,1-9,12H2,(H,29,30). The number of halogens is 1. The number of nitrogens with zero attached hydrogens (tertiary/aromatic N) is 3. The Morgan fingerprint density at radius 2 is 2.00 bits per heavy atom. The summed E-state index contributed by atoms with van der Waals surface area (Å²) < 4.78 is 47.9. The Morgan fingerprint density at radius 3 is 2.68 bits per heavy atom. The van der Waals surface area contributed by atoms with Crippen LogP contribution in [-0.2, 0) is 20.2 Å². The molecule has 1 aromatic heterocycles. The number of carboxylic acid groups (broad SMARTS) is 1. The fourth-order valence-electron chi connectivity index (χ4n) is 6.93. The highest BCUT2D eigenvalue weighted by Crippen LogP contribution is 2.61. The van der Waals surface area contributed by atoms with Gasteiger partial charge in [0.2, 0.25) is 10.0 Å². The van der Waals surface area contributed by atoms with Crippen LogP contribution in [0.15, 0.2) is 12.4 Å². The first-order valence-electron chi connectivity index (χ1n) is 12.4. The van der Waals surface area contributed by atoms with Gasteiger partial charge in [0.1, 0.15) is 5.82 Å². The van der Waals surface area contributed by atoms with Crippen molar-refractivity contribution in [3.05, 3.63) is 24.0 Å². The van der Waals surface area contributed by atoms with Gasteiger partial charge in [-0.2, -0.15) is 0 Å². The van der Waals surface area contributed by atoms with Gasteiger partial charge < -0.3 is 9.84 Å². The summed E-state index contributed by atoms with van der Waals surface area (Å²) in [6.45, 7) is 0.189. The Hall–Kier alpha value is -1.85. The molecular weight excluding hydrogens is 463 g/mol. The first-order valence-corrected chi connectivity index (χ1v) is 14.0. The summed E-state index contributed by atoms with van der Waals surface area (Å²) in [5.41, 5.74) is -0.0898. The van der Waals surface area contributed by atoms with Crippen molar-refractivity contribution in [3.8, 4) is 0 Å². The van der Waals surface area contributed by atoms with E-state index >= 15 is 0 Å². The highest BCUT2D eigenvalue weighted by Gasteiger charge is 2.60. The Balaban J connectivity index is 1.14. The molecule has 5 aliphatic rings. The zero-order valence-electron chi connectivity index (χ0n) is 19.0. The molecule has 2 N–H and O–H groups in total. The van der Waals surface area contributed by atoms with Crippen LogP contribution in [0.1, 0.15) is 63.6 Å². The number of hydrogen-bond acceptors (Lipinski definition) is 6. The van der Waals surface area contributed by atoms with E-state index in [4.69, 9.17) is 4.74 Å². The molecule has 7 atom stereocenters. The first-order chi connectivity index (χ1) is 16.3. The molecule has 1 saturated heterocycles. The van der Waals surface area contributed by atoms with E-state index in [1.165, 1.54) is 17.3 Å². The van der Waals surface area contributed by atoms with E-state index in [-0.39, 0.29) is 35.3 Å². The summed E-state index contributed by atoms with van der Waals surface area (Å²) in [6.07, 6.45) is 8.68. The van der Waals surface area contributed by atoms with Gasteiger partial charge >= 0.3 is 6.09 Å². The van der Waals surface area contributed by atoms with E-state index in [1.54, 1.807) is 0 Å². The van der Waals surface area contributed by atoms with Crippen LogP contribution in [0, 0.1) is 17.7 Å². The predicted molar refractivity (Wildman–Crippen MR) is 119 cm³/mol. The van der Waals surface area contributed by atoms with Crippen LogP contribution in [0.5, 0.6) is 0 Å². The van der Waals surface area contributed by atoms with Gasteiger partial charge in [0, 0.05) is 17.5 Å². The molecule has 6 rings (SSSR count). The smallest absolute Gasteiger partial charge is 0.407 e. The van der Waals surface area contributed by atoms with Gasteiger partial charge in [-0.25, -0.2) is 32.3 Å². The van der Waals surface area contributed by atoms with Crippen molar-refractivity contribution in [2.24, 2.45) is 11.8 Å². The van der Waals surface area contributed by atoms with Crippen molar-refractivity contribution in [2.75, 3.05) is 6.61 Å². The third kappa shape index (κ3) is 3.80. The lowest BCUT2D eigenvalue weighted by molar-refractivity contribution is -0.00986. The first kappa shape index (κ1) is 22.6. The molecule has 2 heterocycles. The van der Waals surface area contributed by atoms with Crippen LogP contribution in [0.2, 0.25) is 0 Å². The molecule has 0 bridgehead atoms. The maximum Gasteiger partial charge on any atom is 0.407 e. The van der Waals surface area contributed by atoms with Gasteiger partial charge in [-0.1, -0.05) is 6.42 Å². The van der Waals surface area contributed by atoms with Crippen LogP contribution in [0.25, 0.3) is 0 Å². The maximum atomic E-state index is 13.2. The molecule has 5 fully saturated rings. The van der Waals surface area contributed by atoms with Crippen LogP contribution in [0.3, 0.4) is 0 Å². The second-order valence-electron chi connectivity index (χ2n) is 10.8. The van der Waals surface area contributed by atoms with E-state index in [2.05, 4.69) is 14.7 Å². The second kappa shape index (κ2) is 8.09. The average Bonchev–Trinajstić information content (AvgIpc) is 3.70. The number of rotatable bonds is 7. The second-order valence-corrected chi connectivity index (χ2v) is 12.8. The SMILES string of the molecule is O=C(O)N1C2CCCC2C(NS(=O)(=O)C2CC2)C1COC1CCC2(c3ncc(F)cn3)CC2C1. The molecular formula is C23H31FN4O5S. The highest BCUT2D eigenvalue weighted by atomic mass is 32.2. The molecule has 1 amide bonds. The summed E-state index contributed by atoms with van der Waals surface area (Å²) in [6, 6.07) is -1.12. The van der Waals surface area contributed by atoms with Gasteiger partial charge in [0.15, 0.2) is 5.82 Å². The van der Waals surface area contributed by atoms with E-state index in [0.717, 1.165) is 44.9 Å². The summed E-state index contributed by atoms with van der Waals surface area (Å²) in [7, 11) is -3.44. The van der Waals surface area contributed by atoms with E-state index in [9.17, 15) is 22.7 Å². The zero-order chi connectivity index (χ0) is 23.7. The van der Waals surface area contributed by atoms with Gasteiger partial charge in [0.05, 0.1) is 36.4 Å². The Kier molecular flexibility index (Phi) is 5.38. The van der Waals surface area contributed by atoms with Crippen LogP contribution >= 0.6 is 0 Å². The molecule has 0 radical (unpaired) electrons. The third-order valence-electron chi connectivity index (χ3n) is 8.87. The number of ether oxygens (including phenoxy) is 1. The number of hydrogen-bond donors (Lipinski definition) is 2. The number of sulfonamides is 1. The highest BCUT2D eigenvalue weighted by molar-refractivity contribution is 7.90. The Morgan fingerprint density at radius 1 is 1.24 bits per heavy atom. The number of carbonyl (C=O) groups is 1. The van der Waals surface area contributed by atoms with Gasteiger partial charge in [-0.3, -0.25) is 4.90 Å². The lowest BCUT2D eigenvalue weighted by atomic mass is 9.86. The lowest BCUT2D eigenvalue weighted by Gasteiger charge is -2.32. The number of likely N-dealkylation sites (tertiary alicyclic amines) is 1. The summed E-state index contributed by atoms with van der Waals surface area (Å²) in [4.78, 5) is 22.1. The number of amides is 1. The quantitative estimate of drug-likeness (QED) is 0.597. The number of nitrogens with one attached hydrogen (secondary N) is 1. The zero-order valence-corrected chi connectivity index (χ0v) is 19.8. The van der Waals surface area contributed by atoms with Crippen LogP contribution < -0.4 is 4.72 Å². The summed E-state index contributed by atoms with van der Waals surface area (Å²) in [5, 5.41) is 9.64. The minimum Gasteiger partial charge on any atom is -0.465 e. The van der Waals surface area contributed by atoms with Crippen LogP contribution in [0.4, 0.5) is 9.18 Å². The Labute approximate surface area is 198 Å². The molecule has 0 aromatic carbocycles. The van der Waals surface area contributed by atoms with Crippen molar-refractivity contribution >= 4 is 16.1 Å². The fraction of sp³-hybridized carbons (Fsp3) is 0.783. The number of fused-ring (bicyclic) bond motifs is 2. The lowest BCUT2D eigenvalue weighted by Crippen LogP contribution is -2.52. The normalized spacial score (nSPS) is 39.0. The molecule has 4 saturated carbocycles. The van der Waals surface area contributed by atoms with Crippen LogP contribution in [-0.4, -0.2) is 70.6 Å². The maximum absolute atomic E-state index is 13.2. The minimum absolute atomic E-state index is 0.00344. The molecule has 0 spiro atoms. The molecule has 9 nitrogen and oxygen atoms in total. The molecule has 34 heavy (non-hydrogen) atoms. The third-order valence-corrected chi connectivity index (χ3v) is 10.8. The predicted octanol–water partition coefficient (Wildman–Crippen LogP) is 2.42. The molecule has 1 aromatic rings. The molecule has 11 heteroatoms. The van der Waals surface area contributed by atoms with Crippen molar-refractivity contribution in [2.45, 2.75) is 92.7 Å². The van der Waals surface area contributed by atoms with Crippen molar-refractivity contribution in [1.82, 2.24) is 19.6 Å². The van der Waals surface area contributed by atoms with Crippen molar-refractivity contribution in [3.63, 3.8) is 0 Å².